The third kappa shape index (κ3) is 5.83. The van der Waals surface area contributed by atoms with Gasteiger partial charge in [-0.15, -0.1) is 0 Å². The summed E-state index contributed by atoms with van der Waals surface area (Å²) < 4.78 is 10.5. The molecule has 24 heavy (non-hydrogen) atoms. The van der Waals surface area contributed by atoms with E-state index in [-0.39, 0.29) is 6.03 Å². The number of nitrogens with one attached hydrogen (secondary N) is 2. The molecule has 2 aromatic carbocycles. The number of urea groups is 1. The molecule has 0 fully saturated rings. The molecule has 0 aliphatic carbocycles. The first-order valence-corrected chi connectivity index (χ1v) is 8.07. The van der Waals surface area contributed by atoms with Gasteiger partial charge >= 0.3 is 6.03 Å². The van der Waals surface area contributed by atoms with E-state index in [0.29, 0.717) is 19.7 Å². The molecule has 128 valence electrons. The maximum absolute atomic E-state index is 11.8. The molecular formula is C19H24N2O3. The fourth-order valence-electron chi connectivity index (χ4n) is 2.23. The van der Waals surface area contributed by atoms with E-state index in [9.17, 15) is 4.79 Å². The molecule has 0 atom stereocenters. The second kappa shape index (κ2) is 9.45. The first-order valence-electron chi connectivity index (χ1n) is 8.07. The van der Waals surface area contributed by atoms with E-state index in [0.717, 1.165) is 29.0 Å². The van der Waals surface area contributed by atoms with Gasteiger partial charge in [-0.25, -0.2) is 4.79 Å². The lowest BCUT2D eigenvalue weighted by atomic mass is 10.1. The highest BCUT2D eigenvalue weighted by Crippen LogP contribution is 2.12. The van der Waals surface area contributed by atoms with Crippen LogP contribution in [0.1, 0.15) is 18.1 Å². The van der Waals surface area contributed by atoms with Gasteiger partial charge in [-0.2, -0.15) is 0 Å². The Kier molecular flexibility index (Phi) is 6.95. The van der Waals surface area contributed by atoms with Crippen molar-refractivity contribution in [2.45, 2.75) is 19.9 Å². The molecule has 0 saturated carbocycles. The topological polar surface area (TPSA) is 59.6 Å². The molecule has 0 saturated heterocycles. The molecule has 0 radical (unpaired) electrons. The zero-order valence-electron chi connectivity index (χ0n) is 14.2. The minimum Gasteiger partial charge on any atom is -0.497 e. The number of benzene rings is 2. The molecule has 2 aromatic rings. The highest BCUT2D eigenvalue weighted by atomic mass is 16.5. The first-order chi connectivity index (χ1) is 11.7. The molecule has 5 nitrogen and oxygen atoms in total. The SMILES string of the molecule is CCOc1ccc(CNC(=O)NCCc2ccc(OC)cc2)cc1. The standard InChI is InChI=1S/C19H24N2O3/c1-3-24-18-10-6-16(7-11-18)14-21-19(22)20-13-12-15-4-8-17(23-2)9-5-15/h4-11H,3,12-14H2,1-2H3,(H2,20,21,22). The molecule has 0 bridgehead atoms. The van der Waals surface area contributed by atoms with Crippen LogP contribution >= 0.6 is 0 Å². The van der Waals surface area contributed by atoms with Gasteiger partial charge in [0, 0.05) is 13.1 Å². The van der Waals surface area contributed by atoms with Crippen molar-refractivity contribution in [2.75, 3.05) is 20.3 Å². The summed E-state index contributed by atoms with van der Waals surface area (Å²) in [5, 5.41) is 5.70. The van der Waals surface area contributed by atoms with E-state index in [1.807, 2.05) is 55.5 Å². The van der Waals surface area contributed by atoms with Crippen molar-refractivity contribution < 1.29 is 14.3 Å². The normalized spacial score (nSPS) is 10.1. The van der Waals surface area contributed by atoms with Gasteiger partial charge in [0.2, 0.25) is 0 Å². The molecule has 2 amide bonds. The molecule has 2 rings (SSSR count). The van der Waals surface area contributed by atoms with Gasteiger partial charge in [0.25, 0.3) is 0 Å². The van der Waals surface area contributed by atoms with Crippen molar-refractivity contribution in [1.82, 2.24) is 10.6 Å². The predicted molar refractivity (Wildman–Crippen MR) is 94.5 cm³/mol. The van der Waals surface area contributed by atoms with E-state index in [4.69, 9.17) is 9.47 Å². The summed E-state index contributed by atoms with van der Waals surface area (Å²) in [6, 6.07) is 15.4. The Balaban J connectivity index is 1.67. The lowest BCUT2D eigenvalue weighted by Gasteiger charge is -2.09. The second-order valence-corrected chi connectivity index (χ2v) is 5.28. The second-order valence-electron chi connectivity index (χ2n) is 5.28. The van der Waals surface area contributed by atoms with Gasteiger partial charge in [0.15, 0.2) is 0 Å². The van der Waals surface area contributed by atoms with E-state index in [2.05, 4.69) is 10.6 Å². The largest absolute Gasteiger partial charge is 0.497 e. The zero-order chi connectivity index (χ0) is 17.2. The summed E-state index contributed by atoms with van der Waals surface area (Å²) >= 11 is 0. The first kappa shape index (κ1) is 17.7. The molecule has 0 heterocycles. The van der Waals surface area contributed by atoms with Gasteiger partial charge < -0.3 is 20.1 Å². The zero-order valence-corrected chi connectivity index (χ0v) is 14.2. The average molecular weight is 328 g/mol. The van der Waals surface area contributed by atoms with Crippen LogP contribution in [0, 0.1) is 0 Å². The summed E-state index contributed by atoms with van der Waals surface area (Å²) in [4.78, 5) is 11.8. The molecule has 0 unspecified atom stereocenters. The Bertz CT molecular complexity index is 624. The van der Waals surface area contributed by atoms with Crippen LogP contribution in [0.5, 0.6) is 11.5 Å². The number of carbonyl (C=O) groups excluding carboxylic acids is 1. The number of ether oxygens (including phenoxy) is 2. The third-order valence-electron chi connectivity index (χ3n) is 3.55. The Labute approximate surface area is 143 Å². The smallest absolute Gasteiger partial charge is 0.315 e. The van der Waals surface area contributed by atoms with Crippen LogP contribution in [0.2, 0.25) is 0 Å². The molecular weight excluding hydrogens is 304 g/mol. The molecule has 0 aromatic heterocycles. The van der Waals surface area contributed by atoms with Crippen LogP contribution in [0.15, 0.2) is 48.5 Å². The number of rotatable bonds is 8. The van der Waals surface area contributed by atoms with Gasteiger partial charge in [-0.1, -0.05) is 24.3 Å². The number of hydrogen-bond acceptors (Lipinski definition) is 3. The maximum atomic E-state index is 11.8. The molecule has 0 aliphatic rings. The maximum Gasteiger partial charge on any atom is 0.315 e. The fourth-order valence-corrected chi connectivity index (χ4v) is 2.23. The van der Waals surface area contributed by atoms with Crippen molar-refractivity contribution in [3.8, 4) is 11.5 Å². The lowest BCUT2D eigenvalue weighted by Crippen LogP contribution is -2.36. The molecule has 2 N–H and O–H groups in total. The lowest BCUT2D eigenvalue weighted by molar-refractivity contribution is 0.240. The minimum absolute atomic E-state index is 0.169. The van der Waals surface area contributed by atoms with Crippen molar-refractivity contribution in [3.05, 3.63) is 59.7 Å². The molecule has 5 heteroatoms. The van der Waals surface area contributed by atoms with E-state index < -0.39 is 0 Å². The summed E-state index contributed by atoms with van der Waals surface area (Å²) in [5.41, 5.74) is 2.19. The minimum atomic E-state index is -0.169. The van der Waals surface area contributed by atoms with Crippen LogP contribution in [0.25, 0.3) is 0 Å². The van der Waals surface area contributed by atoms with E-state index >= 15 is 0 Å². The summed E-state index contributed by atoms with van der Waals surface area (Å²) in [7, 11) is 1.64. The molecule has 0 spiro atoms. The quantitative estimate of drug-likeness (QED) is 0.783. The Morgan fingerprint density at radius 2 is 1.54 bits per heavy atom. The monoisotopic (exact) mass is 328 g/mol. The van der Waals surface area contributed by atoms with Crippen LogP contribution in [-0.2, 0) is 13.0 Å². The van der Waals surface area contributed by atoms with Crippen molar-refractivity contribution in [2.24, 2.45) is 0 Å². The van der Waals surface area contributed by atoms with Crippen molar-refractivity contribution in [3.63, 3.8) is 0 Å². The van der Waals surface area contributed by atoms with Crippen LogP contribution in [-0.4, -0.2) is 26.3 Å². The van der Waals surface area contributed by atoms with Gasteiger partial charge in [0.1, 0.15) is 11.5 Å². The highest BCUT2D eigenvalue weighted by Gasteiger charge is 2.01. The van der Waals surface area contributed by atoms with Gasteiger partial charge in [-0.05, 0) is 48.7 Å². The Hall–Kier alpha value is -2.69. The predicted octanol–water partition coefficient (Wildman–Crippen LogP) is 3.14. The third-order valence-corrected chi connectivity index (χ3v) is 3.55. The molecule has 0 aliphatic heterocycles. The Morgan fingerprint density at radius 3 is 2.17 bits per heavy atom. The summed E-state index contributed by atoms with van der Waals surface area (Å²) in [6.07, 6.45) is 0.778. The van der Waals surface area contributed by atoms with Gasteiger partial charge in [-0.3, -0.25) is 0 Å². The van der Waals surface area contributed by atoms with E-state index in [1.165, 1.54) is 0 Å². The summed E-state index contributed by atoms with van der Waals surface area (Å²) in [5.74, 6) is 1.67. The van der Waals surface area contributed by atoms with E-state index in [1.54, 1.807) is 7.11 Å². The summed E-state index contributed by atoms with van der Waals surface area (Å²) in [6.45, 7) is 3.67. The van der Waals surface area contributed by atoms with Crippen molar-refractivity contribution in [1.29, 1.82) is 0 Å². The van der Waals surface area contributed by atoms with Gasteiger partial charge in [0.05, 0.1) is 13.7 Å². The Morgan fingerprint density at radius 1 is 0.917 bits per heavy atom. The van der Waals surface area contributed by atoms with Crippen LogP contribution in [0.4, 0.5) is 4.79 Å². The van der Waals surface area contributed by atoms with Crippen LogP contribution in [0.3, 0.4) is 0 Å². The fraction of sp³-hybridized carbons (Fsp3) is 0.316. The van der Waals surface area contributed by atoms with Crippen molar-refractivity contribution >= 4 is 6.03 Å². The van der Waals surface area contributed by atoms with Crippen LogP contribution < -0.4 is 20.1 Å². The number of amides is 2. The highest BCUT2D eigenvalue weighted by molar-refractivity contribution is 5.73. The number of hydrogen-bond donors (Lipinski definition) is 2. The number of carbonyl (C=O) groups is 1. The average Bonchev–Trinajstić information content (AvgIpc) is 2.62. The number of methoxy groups -OCH3 is 1.